The van der Waals surface area contributed by atoms with E-state index in [4.69, 9.17) is 0 Å². The van der Waals surface area contributed by atoms with Gasteiger partial charge in [0.05, 0.1) is 12.2 Å². The Kier molecular flexibility index (Phi) is 5.19. The van der Waals surface area contributed by atoms with Crippen molar-refractivity contribution in [3.05, 3.63) is 11.6 Å². The molecule has 0 aromatic heterocycles. The van der Waals surface area contributed by atoms with Gasteiger partial charge in [-0.15, -0.1) is 0 Å². The van der Waals surface area contributed by atoms with Gasteiger partial charge in [0.15, 0.2) is 0 Å². The molecule has 0 heterocycles. The third-order valence-electron chi connectivity index (χ3n) is 12.8. The summed E-state index contributed by atoms with van der Waals surface area (Å²) in [4.78, 5) is 0. The van der Waals surface area contributed by atoms with Gasteiger partial charge in [-0.1, -0.05) is 60.1 Å². The van der Waals surface area contributed by atoms with E-state index in [9.17, 15) is 10.2 Å². The summed E-state index contributed by atoms with van der Waals surface area (Å²) in [6, 6.07) is 0. The van der Waals surface area contributed by atoms with Crippen molar-refractivity contribution in [2.45, 2.75) is 125 Å². The molecule has 0 amide bonds. The average Bonchev–Trinajstić information content (AvgIpc) is 2.86. The first-order chi connectivity index (χ1) is 14.8. The van der Waals surface area contributed by atoms with Gasteiger partial charge in [-0.2, -0.15) is 0 Å². The maximum atomic E-state index is 10.9. The Balaban J connectivity index is 1.51. The smallest absolute Gasteiger partial charge is 0.0594 e. The lowest BCUT2D eigenvalue weighted by atomic mass is 9.42. The molecule has 182 valence electrons. The number of hydrogen-bond acceptors (Lipinski definition) is 2. The Morgan fingerprint density at radius 1 is 0.625 bits per heavy atom. The highest BCUT2D eigenvalue weighted by Gasteiger charge is 2.62. The van der Waals surface area contributed by atoms with Crippen molar-refractivity contribution in [1.29, 1.82) is 0 Å². The average molecular weight is 443 g/mol. The predicted octanol–water partition coefficient (Wildman–Crippen LogP) is 7.14. The fourth-order valence-corrected chi connectivity index (χ4v) is 11.0. The largest absolute Gasteiger partial charge is 0.393 e. The molecule has 0 bridgehead atoms. The van der Waals surface area contributed by atoms with E-state index in [-0.39, 0.29) is 23.0 Å². The Morgan fingerprint density at radius 2 is 1.19 bits per heavy atom. The summed E-state index contributed by atoms with van der Waals surface area (Å²) in [5, 5.41) is 21.7. The van der Waals surface area contributed by atoms with Crippen LogP contribution in [0.25, 0.3) is 0 Å². The fourth-order valence-electron chi connectivity index (χ4n) is 11.0. The summed E-state index contributed by atoms with van der Waals surface area (Å²) >= 11 is 0. The molecule has 5 aliphatic carbocycles. The highest BCUT2D eigenvalue weighted by Crippen LogP contribution is 2.69. The van der Waals surface area contributed by atoms with Gasteiger partial charge in [0.1, 0.15) is 0 Å². The minimum absolute atomic E-state index is 0.0289. The molecule has 0 aromatic rings. The Morgan fingerprint density at radius 3 is 1.81 bits per heavy atom. The highest BCUT2D eigenvalue weighted by atomic mass is 16.3. The Bertz CT molecular complexity index is 795. The molecular weight excluding hydrogens is 392 g/mol. The van der Waals surface area contributed by atoms with Gasteiger partial charge in [-0.05, 0) is 115 Å². The van der Waals surface area contributed by atoms with Crippen LogP contribution < -0.4 is 0 Å². The number of fused-ring (bicyclic) bond motifs is 6. The van der Waals surface area contributed by atoms with Gasteiger partial charge in [-0.25, -0.2) is 0 Å². The molecule has 4 fully saturated rings. The van der Waals surface area contributed by atoms with Gasteiger partial charge >= 0.3 is 0 Å². The van der Waals surface area contributed by atoms with Gasteiger partial charge in [0.25, 0.3) is 0 Å². The molecular formula is C30H50O2. The van der Waals surface area contributed by atoms with Crippen LogP contribution in [0.3, 0.4) is 0 Å². The molecule has 0 spiro atoms. The summed E-state index contributed by atoms with van der Waals surface area (Å²) < 4.78 is 0. The monoisotopic (exact) mass is 442 g/mol. The van der Waals surface area contributed by atoms with Crippen molar-refractivity contribution in [1.82, 2.24) is 0 Å². The molecule has 0 unspecified atom stereocenters. The zero-order chi connectivity index (χ0) is 23.3. The molecule has 0 aromatic carbocycles. The van der Waals surface area contributed by atoms with Gasteiger partial charge in [0, 0.05) is 0 Å². The van der Waals surface area contributed by atoms with Crippen LogP contribution in [-0.2, 0) is 0 Å². The molecule has 5 aliphatic rings. The molecule has 32 heavy (non-hydrogen) atoms. The molecule has 0 saturated heterocycles. The molecule has 2 heteroatoms. The molecule has 9 atom stereocenters. The van der Waals surface area contributed by atoms with E-state index < -0.39 is 0 Å². The lowest BCUT2D eigenvalue weighted by Crippen LogP contribution is -2.58. The molecule has 4 saturated carbocycles. The number of allylic oxidation sites excluding steroid dienone is 2. The maximum Gasteiger partial charge on any atom is 0.0594 e. The third kappa shape index (κ3) is 2.96. The summed E-state index contributed by atoms with van der Waals surface area (Å²) in [6.45, 7) is 17.2. The standard InChI is InChI=1S/C30H50O2/c1-26(2)21-10-8-19-18-28(5)15-12-22-27(3,4)25(32)14-17-30(22,7)23(28)11-9-20(19)29(21,6)16-13-24(26)31/h18,20-25,31-32H,8-17H2,1-7H3/t20-,21-,22-,23-,24+,25-,28-,29+,30-/m0/s1. The van der Waals surface area contributed by atoms with Crippen molar-refractivity contribution >= 4 is 0 Å². The number of hydrogen-bond donors (Lipinski definition) is 2. The maximum absolute atomic E-state index is 10.9. The van der Waals surface area contributed by atoms with E-state index in [1.807, 2.05) is 0 Å². The Hall–Kier alpha value is -0.340. The normalized spacial score (nSPS) is 54.2. The van der Waals surface area contributed by atoms with Crippen molar-refractivity contribution in [3.63, 3.8) is 0 Å². The summed E-state index contributed by atoms with van der Waals surface area (Å²) in [7, 11) is 0. The molecule has 2 nitrogen and oxygen atoms in total. The molecule has 0 aliphatic heterocycles. The predicted molar refractivity (Wildman–Crippen MR) is 132 cm³/mol. The zero-order valence-corrected chi connectivity index (χ0v) is 22.0. The minimum atomic E-state index is -0.146. The second-order valence-electron chi connectivity index (χ2n) is 14.9. The van der Waals surface area contributed by atoms with Crippen LogP contribution in [0.15, 0.2) is 11.6 Å². The van der Waals surface area contributed by atoms with E-state index in [0.717, 1.165) is 18.8 Å². The Labute approximate surface area is 197 Å². The van der Waals surface area contributed by atoms with E-state index >= 15 is 0 Å². The van der Waals surface area contributed by atoms with Gasteiger partial charge in [-0.3, -0.25) is 0 Å². The van der Waals surface area contributed by atoms with Crippen LogP contribution in [0.4, 0.5) is 0 Å². The zero-order valence-electron chi connectivity index (χ0n) is 22.0. The first-order valence-electron chi connectivity index (χ1n) is 13.8. The van der Waals surface area contributed by atoms with Crippen molar-refractivity contribution < 1.29 is 10.2 Å². The van der Waals surface area contributed by atoms with Crippen LogP contribution in [0.1, 0.15) is 113 Å². The lowest BCUT2D eigenvalue weighted by molar-refractivity contribution is -0.163. The minimum Gasteiger partial charge on any atom is -0.393 e. The first kappa shape index (κ1) is 23.4. The summed E-state index contributed by atoms with van der Waals surface area (Å²) in [5.41, 5.74) is 2.81. The van der Waals surface area contributed by atoms with Crippen LogP contribution in [0.2, 0.25) is 0 Å². The number of aliphatic hydroxyl groups excluding tert-OH is 2. The third-order valence-corrected chi connectivity index (χ3v) is 12.8. The van der Waals surface area contributed by atoms with Crippen LogP contribution in [0, 0.1) is 50.7 Å². The number of aliphatic hydroxyl groups is 2. The van der Waals surface area contributed by atoms with Crippen molar-refractivity contribution in [3.8, 4) is 0 Å². The van der Waals surface area contributed by atoms with E-state index in [0.29, 0.717) is 34.0 Å². The second-order valence-corrected chi connectivity index (χ2v) is 14.9. The highest BCUT2D eigenvalue weighted by molar-refractivity contribution is 5.26. The summed E-state index contributed by atoms with van der Waals surface area (Å²) in [6.07, 6.45) is 14.6. The second kappa shape index (κ2) is 7.09. The SMILES string of the molecule is CC1(C)[C@@H](O)CC[C@]2(C)[C@H]3CC[C@H]4C(=C[C@]3(C)CC[C@@H]12)CC[C@H]1C(C)(C)[C@H](O)CC[C@]41C. The van der Waals surface area contributed by atoms with Crippen molar-refractivity contribution in [2.24, 2.45) is 50.7 Å². The van der Waals surface area contributed by atoms with E-state index in [1.54, 1.807) is 5.57 Å². The van der Waals surface area contributed by atoms with Gasteiger partial charge in [0.2, 0.25) is 0 Å². The van der Waals surface area contributed by atoms with Crippen LogP contribution in [-0.4, -0.2) is 22.4 Å². The van der Waals surface area contributed by atoms with E-state index in [2.05, 4.69) is 54.5 Å². The molecule has 5 rings (SSSR count). The molecule has 2 N–H and O–H groups in total. The topological polar surface area (TPSA) is 40.5 Å². The number of rotatable bonds is 0. The quantitative estimate of drug-likeness (QED) is 0.391. The first-order valence-corrected chi connectivity index (χ1v) is 13.8. The van der Waals surface area contributed by atoms with Crippen LogP contribution >= 0.6 is 0 Å². The lowest BCUT2D eigenvalue weighted by Gasteiger charge is -2.63. The van der Waals surface area contributed by atoms with Crippen LogP contribution in [0.5, 0.6) is 0 Å². The summed E-state index contributed by atoms with van der Waals surface area (Å²) in [5.74, 6) is 2.67. The fraction of sp³-hybridized carbons (Fsp3) is 0.933. The van der Waals surface area contributed by atoms with Crippen molar-refractivity contribution in [2.75, 3.05) is 0 Å². The van der Waals surface area contributed by atoms with E-state index in [1.165, 1.54) is 51.4 Å². The van der Waals surface area contributed by atoms with Gasteiger partial charge < -0.3 is 10.2 Å². The molecule has 0 radical (unpaired) electrons.